The summed E-state index contributed by atoms with van der Waals surface area (Å²) in [5, 5.41) is 9.55. The smallest absolute Gasteiger partial charge is 0.288 e. The number of rotatable bonds is 12. The average molecular weight is 592 g/mol. The first kappa shape index (κ1) is 30.3. The maximum Gasteiger partial charge on any atom is 0.288 e. The molecule has 10 nitrogen and oxygen atoms in total. The van der Waals surface area contributed by atoms with Crippen molar-refractivity contribution in [1.82, 2.24) is 14.1 Å². The number of ether oxygens (including phenoxy) is 3. The predicted molar refractivity (Wildman–Crippen MR) is 154 cm³/mol. The summed E-state index contributed by atoms with van der Waals surface area (Å²) < 4.78 is 44.9. The molecule has 1 saturated carbocycles. The summed E-state index contributed by atoms with van der Waals surface area (Å²) in [6, 6.07) is 6.72. The molecular formula is C30H45N3O7S. The molecule has 11 heteroatoms. The summed E-state index contributed by atoms with van der Waals surface area (Å²) in [6.07, 6.45) is 10.2. The van der Waals surface area contributed by atoms with Crippen molar-refractivity contribution >= 4 is 15.9 Å². The van der Waals surface area contributed by atoms with Gasteiger partial charge >= 0.3 is 0 Å². The number of nitrogens with zero attached hydrogens (tertiary/aromatic N) is 3. The van der Waals surface area contributed by atoms with Crippen molar-refractivity contribution in [2.24, 2.45) is 11.8 Å². The number of sulfonamides is 1. The van der Waals surface area contributed by atoms with E-state index in [2.05, 4.69) is 4.90 Å². The SMILES string of the molecule is COc1ccc(S(=O)(=O)N(CCO)CCO[C@@H]2C[C@H](C3CC3)C=C(C(=O)N3CCC(N4CCCCC4)CC3)O2)cc1. The molecule has 1 N–H and O–H groups in total. The molecule has 3 heterocycles. The highest BCUT2D eigenvalue weighted by Crippen LogP contribution is 2.43. The molecule has 0 spiro atoms. The van der Waals surface area contributed by atoms with Gasteiger partial charge in [-0.3, -0.25) is 4.79 Å². The van der Waals surface area contributed by atoms with Gasteiger partial charge in [0.05, 0.1) is 25.2 Å². The van der Waals surface area contributed by atoms with Gasteiger partial charge in [0.1, 0.15) is 5.75 Å². The predicted octanol–water partition coefficient (Wildman–Crippen LogP) is 2.83. The minimum atomic E-state index is -3.84. The van der Waals surface area contributed by atoms with Crippen LogP contribution in [0.25, 0.3) is 0 Å². The van der Waals surface area contributed by atoms with Crippen molar-refractivity contribution in [1.29, 1.82) is 0 Å². The number of piperidine rings is 2. The quantitative estimate of drug-likeness (QED) is 0.396. The molecule has 0 unspecified atom stereocenters. The van der Waals surface area contributed by atoms with Crippen LogP contribution in [0.5, 0.6) is 5.75 Å². The van der Waals surface area contributed by atoms with E-state index in [9.17, 15) is 18.3 Å². The number of allylic oxidation sites excluding steroid dienone is 1. The van der Waals surface area contributed by atoms with Crippen LogP contribution in [0, 0.1) is 11.8 Å². The molecule has 0 radical (unpaired) electrons. The van der Waals surface area contributed by atoms with Crippen LogP contribution in [0.2, 0.25) is 0 Å². The van der Waals surface area contributed by atoms with Crippen molar-refractivity contribution in [3.63, 3.8) is 0 Å². The highest BCUT2D eigenvalue weighted by molar-refractivity contribution is 7.89. The third-order valence-electron chi connectivity index (χ3n) is 8.88. The second-order valence-corrected chi connectivity index (χ2v) is 13.5. The van der Waals surface area contributed by atoms with Crippen LogP contribution in [-0.4, -0.2) is 105 Å². The molecule has 41 heavy (non-hydrogen) atoms. The van der Waals surface area contributed by atoms with Gasteiger partial charge in [0.25, 0.3) is 5.91 Å². The number of hydrogen-bond donors (Lipinski definition) is 1. The van der Waals surface area contributed by atoms with Crippen LogP contribution >= 0.6 is 0 Å². The first-order chi connectivity index (χ1) is 19.9. The fraction of sp³-hybridized carbons (Fsp3) is 0.700. The van der Waals surface area contributed by atoms with Gasteiger partial charge in [0.15, 0.2) is 5.76 Å². The Balaban J connectivity index is 1.16. The number of amides is 1. The second kappa shape index (κ2) is 13.9. The van der Waals surface area contributed by atoms with Crippen LogP contribution in [0.15, 0.2) is 41.0 Å². The number of benzene rings is 1. The first-order valence-electron chi connectivity index (χ1n) is 15.2. The first-order valence-corrected chi connectivity index (χ1v) is 16.6. The fourth-order valence-electron chi connectivity index (χ4n) is 6.31. The Labute approximate surface area is 244 Å². The molecule has 2 saturated heterocycles. The normalized spacial score (nSPS) is 24.7. The highest BCUT2D eigenvalue weighted by atomic mass is 32.2. The number of aliphatic hydroxyl groups excluding tert-OH is 1. The monoisotopic (exact) mass is 591 g/mol. The second-order valence-electron chi connectivity index (χ2n) is 11.6. The lowest BCUT2D eigenvalue weighted by Gasteiger charge is -2.40. The lowest BCUT2D eigenvalue weighted by atomic mass is 9.95. The Bertz CT molecular complexity index is 1140. The zero-order valence-corrected chi connectivity index (χ0v) is 25.0. The van der Waals surface area contributed by atoms with Gasteiger partial charge in [-0.15, -0.1) is 0 Å². The largest absolute Gasteiger partial charge is 0.497 e. The van der Waals surface area contributed by atoms with Crippen molar-refractivity contribution < 1.29 is 32.5 Å². The van der Waals surface area contributed by atoms with Gasteiger partial charge in [-0.05, 0) is 93.8 Å². The van der Waals surface area contributed by atoms with Gasteiger partial charge in [0.2, 0.25) is 16.3 Å². The summed E-state index contributed by atoms with van der Waals surface area (Å²) in [5.41, 5.74) is 0. The molecule has 5 rings (SSSR count). The summed E-state index contributed by atoms with van der Waals surface area (Å²) in [5.74, 6) is 1.62. The number of methoxy groups -OCH3 is 1. The van der Waals surface area contributed by atoms with E-state index in [1.807, 2.05) is 11.0 Å². The van der Waals surface area contributed by atoms with Crippen LogP contribution in [0.3, 0.4) is 0 Å². The maximum atomic E-state index is 13.5. The molecular weight excluding hydrogens is 546 g/mol. The van der Waals surface area contributed by atoms with Crippen LogP contribution < -0.4 is 4.74 Å². The van der Waals surface area contributed by atoms with Crippen LogP contribution in [0.4, 0.5) is 0 Å². The fourth-order valence-corrected chi connectivity index (χ4v) is 7.73. The van der Waals surface area contributed by atoms with Crippen molar-refractivity contribution in [3.8, 4) is 5.75 Å². The molecule has 1 aromatic rings. The van der Waals surface area contributed by atoms with E-state index < -0.39 is 16.3 Å². The van der Waals surface area contributed by atoms with Gasteiger partial charge < -0.3 is 29.1 Å². The van der Waals surface area contributed by atoms with E-state index in [1.165, 1.54) is 55.9 Å². The lowest BCUT2D eigenvalue weighted by Crippen LogP contribution is -2.49. The van der Waals surface area contributed by atoms with E-state index in [4.69, 9.17) is 14.2 Å². The molecule has 1 aliphatic carbocycles. The molecule has 228 valence electrons. The standard InChI is InChI=1S/C30H45N3O7S/c1-38-26-7-9-27(10-8-26)41(36,37)33(17-19-34)18-20-39-29-22-24(23-5-6-23)21-28(40-29)30(35)32-15-11-25(12-16-32)31-13-3-2-4-14-31/h7-10,21,23-25,29,34H,2-6,11-20,22H2,1H3/t24-,29+/m1/s1. The molecule has 4 aliphatic rings. The number of aliphatic hydroxyl groups is 1. The Morgan fingerprint density at radius 1 is 1.02 bits per heavy atom. The van der Waals surface area contributed by atoms with E-state index in [-0.39, 0.29) is 43.0 Å². The number of hydrogen-bond acceptors (Lipinski definition) is 8. The number of carbonyl (C=O) groups excluding carboxylic acids is 1. The Hall–Kier alpha value is -2.18. The minimum Gasteiger partial charge on any atom is -0.497 e. The van der Waals surface area contributed by atoms with Crippen LogP contribution in [0.1, 0.15) is 51.4 Å². The number of carbonyl (C=O) groups is 1. The van der Waals surface area contributed by atoms with Gasteiger partial charge in [0, 0.05) is 38.6 Å². The molecule has 1 aromatic carbocycles. The Morgan fingerprint density at radius 2 is 1.73 bits per heavy atom. The van der Waals surface area contributed by atoms with Gasteiger partial charge in [-0.1, -0.05) is 6.42 Å². The summed E-state index contributed by atoms with van der Waals surface area (Å²) >= 11 is 0. The maximum absolute atomic E-state index is 13.5. The third-order valence-corrected chi connectivity index (χ3v) is 10.8. The van der Waals surface area contributed by atoms with Crippen molar-refractivity contribution in [2.75, 3.05) is 59.6 Å². The lowest BCUT2D eigenvalue weighted by molar-refractivity contribution is -0.156. The third kappa shape index (κ3) is 7.62. The molecule has 3 aliphatic heterocycles. The van der Waals surface area contributed by atoms with Gasteiger partial charge in [-0.25, -0.2) is 8.42 Å². The topological polar surface area (TPSA) is 109 Å². The molecule has 0 bridgehead atoms. The molecule has 1 amide bonds. The van der Waals surface area contributed by atoms with Gasteiger partial charge in [-0.2, -0.15) is 4.31 Å². The highest BCUT2D eigenvalue weighted by Gasteiger charge is 2.39. The summed E-state index contributed by atoms with van der Waals surface area (Å²) in [6.45, 7) is 3.59. The molecule has 3 fully saturated rings. The van der Waals surface area contributed by atoms with E-state index >= 15 is 0 Å². The minimum absolute atomic E-state index is 0.0506. The summed E-state index contributed by atoms with van der Waals surface area (Å²) in [4.78, 5) is 18.2. The average Bonchev–Trinajstić information content (AvgIpc) is 3.87. The van der Waals surface area contributed by atoms with Crippen molar-refractivity contribution in [3.05, 3.63) is 36.1 Å². The van der Waals surface area contributed by atoms with E-state index in [1.54, 1.807) is 12.1 Å². The van der Waals surface area contributed by atoms with Crippen LogP contribution in [-0.2, 0) is 24.3 Å². The Kier molecular flexibility index (Phi) is 10.2. The Morgan fingerprint density at radius 3 is 2.37 bits per heavy atom. The molecule has 2 atom stereocenters. The van der Waals surface area contributed by atoms with E-state index in [0.29, 0.717) is 29.9 Å². The number of likely N-dealkylation sites (tertiary alicyclic amines) is 2. The van der Waals surface area contributed by atoms with Crippen molar-refractivity contribution in [2.45, 2.75) is 68.6 Å². The zero-order valence-electron chi connectivity index (χ0n) is 24.2. The summed E-state index contributed by atoms with van der Waals surface area (Å²) in [7, 11) is -2.32. The molecule has 0 aromatic heterocycles. The zero-order chi connectivity index (χ0) is 28.8. The van der Waals surface area contributed by atoms with E-state index in [0.717, 1.165) is 38.8 Å².